The molecule has 2 aromatic carbocycles. The summed E-state index contributed by atoms with van der Waals surface area (Å²) in [6.45, 7) is 0. The number of nitrogens with zero attached hydrogens (tertiary/aromatic N) is 5. The van der Waals surface area contributed by atoms with Gasteiger partial charge in [0.05, 0.1) is 39.8 Å². The first-order valence-corrected chi connectivity index (χ1v) is 11.2. The van der Waals surface area contributed by atoms with Gasteiger partial charge in [-0.2, -0.15) is 0 Å². The Labute approximate surface area is 221 Å². The SMILES string of the molecule is [Ru].c1ccc(-c2ccccn2)nc1.c1ccc2[nH]cnc2c1.c1cnc2c(c1)ccc1ncccc12. The summed E-state index contributed by atoms with van der Waals surface area (Å²) in [7, 11) is 0. The fourth-order valence-electron chi connectivity index (χ4n) is 3.60. The molecule has 0 bridgehead atoms. The smallest absolute Gasteiger partial charge is 0.0931 e. The molecule has 5 heterocycles. The Morgan fingerprint density at radius 2 is 1.14 bits per heavy atom. The van der Waals surface area contributed by atoms with E-state index in [0.29, 0.717) is 0 Å². The predicted molar refractivity (Wildman–Crippen MR) is 141 cm³/mol. The molecule has 0 fully saturated rings. The minimum absolute atomic E-state index is 0. The number of hydrogen-bond acceptors (Lipinski definition) is 5. The molecule has 0 saturated heterocycles. The van der Waals surface area contributed by atoms with Crippen LogP contribution in [0, 0.1) is 0 Å². The Bertz CT molecular complexity index is 1530. The first-order valence-electron chi connectivity index (χ1n) is 11.2. The van der Waals surface area contributed by atoms with Crippen molar-refractivity contribution in [2.75, 3.05) is 0 Å². The van der Waals surface area contributed by atoms with E-state index in [2.05, 4.69) is 48.1 Å². The number of pyridine rings is 4. The molecule has 1 N–H and O–H groups in total. The monoisotopic (exact) mass is 556 g/mol. The molecule has 0 radical (unpaired) electrons. The molecule has 0 aliphatic rings. The third-order valence-electron chi connectivity index (χ3n) is 5.27. The molecular formula is C29H22N6Ru. The second-order valence-electron chi connectivity index (χ2n) is 7.56. The molecule has 7 heteroatoms. The summed E-state index contributed by atoms with van der Waals surface area (Å²) >= 11 is 0. The number of H-pyrrole nitrogens is 1. The van der Waals surface area contributed by atoms with Crippen molar-refractivity contribution in [3.8, 4) is 11.4 Å². The maximum atomic E-state index is 4.37. The van der Waals surface area contributed by atoms with E-state index in [4.69, 9.17) is 0 Å². The molecule has 0 unspecified atom stereocenters. The molecule has 36 heavy (non-hydrogen) atoms. The third kappa shape index (κ3) is 6.01. The molecule has 5 aromatic heterocycles. The number of rotatable bonds is 1. The standard InChI is InChI=1S/C12H8N2.C10H8N2.C7H6N2.Ru/c1-3-9-5-6-11-10(4-2-7-13-11)12(9)14-8-1;1-3-7-11-9(5-1)10-6-2-4-8-12-10;1-2-4-7-6(3-1)8-5-9-7;/h1-8H;1-8H;1-5H,(H,8,9);. The van der Waals surface area contributed by atoms with Gasteiger partial charge >= 0.3 is 0 Å². The number of hydrogen-bond donors (Lipinski definition) is 1. The molecule has 176 valence electrons. The van der Waals surface area contributed by atoms with Crippen molar-refractivity contribution in [1.29, 1.82) is 0 Å². The van der Waals surface area contributed by atoms with Gasteiger partial charge in [-0.3, -0.25) is 19.9 Å². The number of aromatic nitrogens is 6. The van der Waals surface area contributed by atoms with Crippen LogP contribution >= 0.6 is 0 Å². The quantitative estimate of drug-likeness (QED) is 0.185. The summed E-state index contributed by atoms with van der Waals surface area (Å²) < 4.78 is 0. The van der Waals surface area contributed by atoms with Crippen molar-refractivity contribution in [2.45, 2.75) is 0 Å². The van der Waals surface area contributed by atoms with Gasteiger partial charge in [0.25, 0.3) is 0 Å². The molecule has 0 amide bonds. The van der Waals surface area contributed by atoms with Crippen molar-refractivity contribution in [2.24, 2.45) is 0 Å². The van der Waals surface area contributed by atoms with Crippen molar-refractivity contribution in [3.63, 3.8) is 0 Å². The van der Waals surface area contributed by atoms with E-state index in [9.17, 15) is 0 Å². The number of aromatic amines is 1. The second-order valence-corrected chi connectivity index (χ2v) is 7.56. The minimum atomic E-state index is 0. The zero-order valence-electron chi connectivity index (χ0n) is 19.2. The first-order chi connectivity index (χ1) is 17.4. The summed E-state index contributed by atoms with van der Waals surface area (Å²) in [5, 5.41) is 2.28. The van der Waals surface area contributed by atoms with E-state index in [1.165, 1.54) is 0 Å². The summed E-state index contributed by atoms with van der Waals surface area (Å²) in [6, 6.07) is 31.6. The van der Waals surface area contributed by atoms with E-state index in [1.54, 1.807) is 24.9 Å². The zero-order valence-corrected chi connectivity index (χ0v) is 21.0. The fourth-order valence-corrected chi connectivity index (χ4v) is 3.60. The molecule has 7 rings (SSSR count). The maximum Gasteiger partial charge on any atom is 0.0931 e. The Morgan fingerprint density at radius 1 is 0.472 bits per heavy atom. The Balaban J connectivity index is 0.000000128. The van der Waals surface area contributed by atoms with E-state index in [1.807, 2.05) is 85.1 Å². The van der Waals surface area contributed by atoms with Crippen LogP contribution in [-0.4, -0.2) is 29.9 Å². The van der Waals surface area contributed by atoms with E-state index in [-0.39, 0.29) is 19.5 Å². The van der Waals surface area contributed by atoms with Gasteiger partial charge in [0, 0.05) is 55.0 Å². The average Bonchev–Trinajstić information content (AvgIpc) is 3.44. The topological polar surface area (TPSA) is 80.2 Å². The van der Waals surface area contributed by atoms with Crippen LogP contribution in [0.15, 0.2) is 128 Å². The normalized spacial score (nSPS) is 10.0. The van der Waals surface area contributed by atoms with Crippen LogP contribution in [0.3, 0.4) is 0 Å². The minimum Gasteiger partial charge on any atom is -0.345 e. The number of fused-ring (bicyclic) bond motifs is 4. The number of para-hydroxylation sites is 2. The summed E-state index contributed by atoms with van der Waals surface area (Å²) in [6.07, 6.45) is 8.85. The summed E-state index contributed by atoms with van der Waals surface area (Å²) in [4.78, 5) is 24.1. The second kappa shape index (κ2) is 12.4. The van der Waals surface area contributed by atoms with Gasteiger partial charge in [-0.25, -0.2) is 4.98 Å². The molecule has 0 saturated carbocycles. The van der Waals surface area contributed by atoms with Crippen molar-refractivity contribution >= 4 is 32.8 Å². The van der Waals surface area contributed by atoms with Crippen molar-refractivity contribution in [1.82, 2.24) is 29.9 Å². The first kappa shape index (κ1) is 24.8. The maximum absolute atomic E-state index is 4.37. The third-order valence-corrected chi connectivity index (χ3v) is 5.27. The van der Waals surface area contributed by atoms with Crippen LogP contribution in [0.4, 0.5) is 0 Å². The predicted octanol–water partition coefficient (Wildman–Crippen LogP) is 6.49. The van der Waals surface area contributed by atoms with Crippen molar-refractivity contribution < 1.29 is 19.5 Å². The van der Waals surface area contributed by atoms with Crippen LogP contribution in [0.5, 0.6) is 0 Å². The van der Waals surface area contributed by atoms with Gasteiger partial charge in [0.15, 0.2) is 0 Å². The van der Waals surface area contributed by atoms with Gasteiger partial charge in [0.2, 0.25) is 0 Å². The zero-order chi connectivity index (χ0) is 23.7. The Hall–Kier alpha value is -4.35. The molecule has 6 nitrogen and oxygen atoms in total. The van der Waals surface area contributed by atoms with E-state index >= 15 is 0 Å². The van der Waals surface area contributed by atoms with Crippen LogP contribution < -0.4 is 0 Å². The Kier molecular flexibility index (Phi) is 8.52. The number of nitrogens with one attached hydrogen (secondary N) is 1. The van der Waals surface area contributed by atoms with Crippen LogP contribution in [0.25, 0.3) is 44.2 Å². The average molecular weight is 556 g/mol. The molecule has 7 aromatic rings. The summed E-state index contributed by atoms with van der Waals surface area (Å²) in [5.41, 5.74) is 5.98. The number of imidazole rings is 1. The molecule has 0 atom stereocenters. The molecule has 0 aliphatic carbocycles. The molecule has 0 aliphatic heterocycles. The van der Waals surface area contributed by atoms with Gasteiger partial charge in [-0.05, 0) is 60.7 Å². The van der Waals surface area contributed by atoms with Crippen LogP contribution in [-0.2, 0) is 19.5 Å². The van der Waals surface area contributed by atoms with E-state index in [0.717, 1.165) is 44.2 Å². The van der Waals surface area contributed by atoms with Gasteiger partial charge in [0.1, 0.15) is 0 Å². The summed E-state index contributed by atoms with van der Waals surface area (Å²) in [5.74, 6) is 0. The number of benzene rings is 2. The largest absolute Gasteiger partial charge is 0.345 e. The molecule has 0 spiro atoms. The van der Waals surface area contributed by atoms with Gasteiger partial charge < -0.3 is 4.98 Å². The fraction of sp³-hybridized carbons (Fsp3) is 0. The van der Waals surface area contributed by atoms with E-state index < -0.39 is 0 Å². The van der Waals surface area contributed by atoms with Gasteiger partial charge in [-0.15, -0.1) is 0 Å². The van der Waals surface area contributed by atoms with Crippen LogP contribution in [0.2, 0.25) is 0 Å². The Morgan fingerprint density at radius 3 is 1.86 bits per heavy atom. The van der Waals surface area contributed by atoms with Crippen molar-refractivity contribution in [3.05, 3.63) is 128 Å². The van der Waals surface area contributed by atoms with Gasteiger partial charge in [-0.1, -0.05) is 36.4 Å². The molecular weight excluding hydrogens is 533 g/mol. The van der Waals surface area contributed by atoms with Crippen LogP contribution in [0.1, 0.15) is 0 Å².